The van der Waals surface area contributed by atoms with Crippen molar-refractivity contribution in [3.63, 3.8) is 0 Å². The molecule has 0 aliphatic carbocycles. The molecule has 0 unspecified atom stereocenters. The van der Waals surface area contributed by atoms with Gasteiger partial charge in [0.05, 0.1) is 6.54 Å². The Bertz CT molecular complexity index is 167. The zero-order valence-electron chi connectivity index (χ0n) is 5.89. The lowest BCUT2D eigenvalue weighted by atomic mass is 10.4. The van der Waals surface area contributed by atoms with Gasteiger partial charge in [0.2, 0.25) is 5.78 Å². The molecule has 0 bridgehead atoms. The van der Waals surface area contributed by atoms with E-state index in [1.807, 2.05) is 6.92 Å². The third-order valence-electron chi connectivity index (χ3n) is 1.36. The number of carbonyl (C=O) groups excluding carboxylic acids is 2. The maximum Gasteiger partial charge on any atom is 0.305 e. The molecule has 0 spiro atoms. The van der Waals surface area contributed by atoms with Crippen molar-refractivity contribution in [1.82, 2.24) is 10.4 Å². The van der Waals surface area contributed by atoms with Crippen LogP contribution in [-0.4, -0.2) is 29.8 Å². The Hall–Kier alpha value is -0.900. The van der Waals surface area contributed by atoms with Crippen molar-refractivity contribution in [3.8, 4) is 0 Å². The first-order chi connectivity index (χ1) is 4.75. The average Bonchev–Trinajstić information content (AvgIpc) is 2.20. The minimum absolute atomic E-state index is 0.166. The first kappa shape index (κ1) is 7.21. The molecule has 0 saturated carbocycles. The molecule has 1 aliphatic rings. The molecule has 1 N–H and O–H groups in total. The highest BCUT2D eigenvalue weighted by Gasteiger charge is 2.27. The van der Waals surface area contributed by atoms with Crippen LogP contribution in [0.2, 0.25) is 0 Å². The number of nitrogens with one attached hydrogen (secondary N) is 1. The number of ketones is 1. The van der Waals surface area contributed by atoms with Crippen LogP contribution in [0.15, 0.2) is 0 Å². The third kappa shape index (κ3) is 1.16. The van der Waals surface area contributed by atoms with Gasteiger partial charge in [0.25, 0.3) is 0 Å². The Morgan fingerprint density at radius 2 is 2.30 bits per heavy atom. The van der Waals surface area contributed by atoms with Crippen LogP contribution in [0.4, 0.5) is 0 Å². The van der Waals surface area contributed by atoms with Crippen LogP contribution in [0.5, 0.6) is 0 Å². The Kier molecular flexibility index (Phi) is 2.01. The topological polar surface area (TPSA) is 49.4 Å². The van der Waals surface area contributed by atoms with E-state index in [1.54, 1.807) is 0 Å². The van der Waals surface area contributed by atoms with E-state index in [4.69, 9.17) is 0 Å². The van der Waals surface area contributed by atoms with E-state index in [0.717, 1.165) is 6.42 Å². The molecule has 1 saturated heterocycles. The molecule has 1 fully saturated rings. The van der Waals surface area contributed by atoms with E-state index in [0.29, 0.717) is 6.54 Å². The molecule has 0 atom stereocenters. The fourth-order valence-electron chi connectivity index (χ4n) is 0.869. The lowest BCUT2D eigenvalue weighted by molar-refractivity contribution is -0.140. The summed E-state index contributed by atoms with van der Waals surface area (Å²) in [4.78, 5) is 21.4. The Balaban J connectivity index is 2.49. The first-order valence-electron chi connectivity index (χ1n) is 3.34. The maximum absolute atomic E-state index is 10.8. The summed E-state index contributed by atoms with van der Waals surface area (Å²) in [5, 5.41) is 1.36. The van der Waals surface area contributed by atoms with Crippen molar-refractivity contribution in [1.29, 1.82) is 0 Å². The molecule has 10 heavy (non-hydrogen) atoms. The minimum atomic E-state index is -0.401. The predicted molar refractivity (Wildman–Crippen MR) is 35.0 cm³/mol. The monoisotopic (exact) mass is 142 g/mol. The Morgan fingerprint density at radius 1 is 1.60 bits per heavy atom. The molecule has 56 valence electrons. The molecular weight excluding hydrogens is 132 g/mol. The van der Waals surface area contributed by atoms with E-state index in [-0.39, 0.29) is 12.3 Å². The molecule has 0 aromatic rings. The van der Waals surface area contributed by atoms with Gasteiger partial charge in [-0.2, -0.15) is 0 Å². The van der Waals surface area contributed by atoms with Crippen LogP contribution in [0.3, 0.4) is 0 Å². The molecular formula is C6H10N2O2. The summed E-state index contributed by atoms with van der Waals surface area (Å²) in [6, 6.07) is 0. The Morgan fingerprint density at radius 3 is 2.70 bits per heavy atom. The zero-order valence-corrected chi connectivity index (χ0v) is 5.89. The van der Waals surface area contributed by atoms with Gasteiger partial charge >= 0.3 is 5.91 Å². The van der Waals surface area contributed by atoms with Gasteiger partial charge in [-0.15, -0.1) is 0 Å². The predicted octanol–water partition coefficient (Wildman–Crippen LogP) is -0.688. The molecule has 1 heterocycles. The second-order valence-corrected chi connectivity index (χ2v) is 2.21. The van der Waals surface area contributed by atoms with Crippen molar-refractivity contribution in [3.05, 3.63) is 0 Å². The third-order valence-corrected chi connectivity index (χ3v) is 1.36. The summed E-state index contributed by atoms with van der Waals surface area (Å²) in [5.74, 6) is -0.740. The van der Waals surface area contributed by atoms with Crippen LogP contribution in [0, 0.1) is 0 Å². The van der Waals surface area contributed by atoms with Crippen LogP contribution >= 0.6 is 0 Å². The number of nitrogens with zero attached hydrogens (tertiary/aromatic N) is 1. The second-order valence-electron chi connectivity index (χ2n) is 2.21. The fourth-order valence-corrected chi connectivity index (χ4v) is 0.869. The van der Waals surface area contributed by atoms with Gasteiger partial charge in [-0.05, 0) is 6.42 Å². The summed E-state index contributed by atoms with van der Waals surface area (Å²) in [6.07, 6.45) is 0.867. The SMILES string of the molecule is CCCN1NCC(=O)C1=O. The highest BCUT2D eigenvalue weighted by molar-refractivity contribution is 6.38. The average molecular weight is 142 g/mol. The Labute approximate surface area is 59.2 Å². The molecule has 0 radical (unpaired) electrons. The van der Waals surface area contributed by atoms with Crippen LogP contribution in [0.1, 0.15) is 13.3 Å². The number of hydrazine groups is 1. The van der Waals surface area contributed by atoms with Crippen LogP contribution < -0.4 is 5.43 Å². The van der Waals surface area contributed by atoms with Crippen molar-refractivity contribution in [2.45, 2.75) is 13.3 Å². The number of hydrogen-bond donors (Lipinski definition) is 1. The lowest BCUT2D eigenvalue weighted by Crippen LogP contribution is -2.35. The first-order valence-corrected chi connectivity index (χ1v) is 3.34. The van der Waals surface area contributed by atoms with Gasteiger partial charge in [0, 0.05) is 6.54 Å². The van der Waals surface area contributed by atoms with Crippen molar-refractivity contribution in [2.24, 2.45) is 0 Å². The van der Waals surface area contributed by atoms with Crippen molar-refractivity contribution in [2.75, 3.05) is 13.1 Å². The molecule has 0 aromatic carbocycles. The summed E-state index contributed by atoms with van der Waals surface area (Å²) >= 11 is 0. The highest BCUT2D eigenvalue weighted by Crippen LogP contribution is 1.95. The standard InChI is InChI=1S/C6H10N2O2/c1-2-3-8-6(10)5(9)4-7-8/h7H,2-4H2,1H3. The quantitative estimate of drug-likeness (QED) is 0.519. The van der Waals surface area contributed by atoms with E-state index in [1.165, 1.54) is 5.01 Å². The fraction of sp³-hybridized carbons (Fsp3) is 0.667. The maximum atomic E-state index is 10.8. The summed E-state index contributed by atoms with van der Waals surface area (Å²) in [7, 11) is 0. The molecule has 4 heteroatoms. The van der Waals surface area contributed by atoms with Crippen LogP contribution in [-0.2, 0) is 9.59 Å². The van der Waals surface area contributed by atoms with Crippen molar-refractivity contribution < 1.29 is 9.59 Å². The normalized spacial score (nSPS) is 18.7. The summed E-state index contributed by atoms with van der Waals surface area (Å²) in [6.45, 7) is 2.74. The van der Waals surface area contributed by atoms with E-state index >= 15 is 0 Å². The zero-order chi connectivity index (χ0) is 7.56. The largest absolute Gasteiger partial charge is 0.305 e. The van der Waals surface area contributed by atoms with Gasteiger partial charge in [0.1, 0.15) is 0 Å². The summed E-state index contributed by atoms with van der Waals surface area (Å²) < 4.78 is 0. The lowest BCUT2D eigenvalue weighted by Gasteiger charge is -2.11. The van der Waals surface area contributed by atoms with Gasteiger partial charge < -0.3 is 0 Å². The van der Waals surface area contributed by atoms with Gasteiger partial charge in [-0.1, -0.05) is 6.92 Å². The number of amides is 1. The molecule has 4 nitrogen and oxygen atoms in total. The van der Waals surface area contributed by atoms with Gasteiger partial charge in [-0.3, -0.25) is 14.6 Å². The molecule has 1 aliphatic heterocycles. The van der Waals surface area contributed by atoms with Crippen molar-refractivity contribution >= 4 is 11.7 Å². The number of carbonyl (C=O) groups is 2. The van der Waals surface area contributed by atoms with Gasteiger partial charge in [0.15, 0.2) is 0 Å². The van der Waals surface area contributed by atoms with E-state index in [9.17, 15) is 9.59 Å². The van der Waals surface area contributed by atoms with Gasteiger partial charge in [-0.25, -0.2) is 5.43 Å². The minimum Gasteiger partial charge on any atom is -0.287 e. The molecule has 1 rings (SSSR count). The second kappa shape index (κ2) is 2.79. The number of Topliss-reactive ketones (excluding diaryl/α,β-unsaturated/α-hetero) is 1. The summed E-state index contributed by atoms with van der Waals surface area (Å²) in [5.41, 5.74) is 2.69. The number of rotatable bonds is 2. The smallest absolute Gasteiger partial charge is 0.287 e. The van der Waals surface area contributed by atoms with E-state index < -0.39 is 5.91 Å². The van der Waals surface area contributed by atoms with Crippen LogP contribution in [0.25, 0.3) is 0 Å². The molecule has 0 aromatic heterocycles. The number of hydrogen-bond acceptors (Lipinski definition) is 3. The van der Waals surface area contributed by atoms with E-state index in [2.05, 4.69) is 5.43 Å². The highest BCUT2D eigenvalue weighted by atomic mass is 16.2. The molecule has 1 amide bonds.